The molecule has 12 atom stereocenters. The number of carbonyl (C=O) groups excluding carboxylic acids is 7. The third-order valence-electron chi connectivity index (χ3n) is 15.6. The highest BCUT2D eigenvalue weighted by molar-refractivity contribution is 8.00. The Morgan fingerprint density at radius 3 is 2.08 bits per heavy atom. The van der Waals surface area contributed by atoms with E-state index < -0.39 is 60.3 Å². The maximum Gasteiger partial charge on any atom is 0.245 e. The summed E-state index contributed by atoms with van der Waals surface area (Å²) in [7, 11) is 6.36. The predicted octanol–water partition coefficient (Wildman–Crippen LogP) is 6.24. The molecule has 17 heteroatoms. The Hall–Kier alpha value is -4.06. The monoisotopic (exact) mass is 1010 g/mol. The number of nitrogens with zero attached hydrogens (tertiary/aromatic N) is 4. The lowest BCUT2D eigenvalue weighted by Crippen LogP contribution is -2.60. The summed E-state index contributed by atoms with van der Waals surface area (Å²) in [5.74, 6) is -3.46. The van der Waals surface area contributed by atoms with Crippen LogP contribution in [0.25, 0.3) is 0 Å². The van der Waals surface area contributed by atoms with Crippen molar-refractivity contribution in [2.75, 3.05) is 47.7 Å². The lowest BCUT2D eigenvalue weighted by atomic mass is 9.89. The number of likely N-dealkylation sites (tertiary alicyclic amines) is 2. The highest BCUT2D eigenvalue weighted by atomic mass is 32.2. The summed E-state index contributed by atoms with van der Waals surface area (Å²) in [4.78, 5) is 103. The van der Waals surface area contributed by atoms with Gasteiger partial charge in [-0.2, -0.15) is 11.8 Å². The molecule has 0 spiro atoms. The van der Waals surface area contributed by atoms with Crippen molar-refractivity contribution in [3.05, 3.63) is 35.9 Å². The number of nitrogens with one attached hydrogen (secondary N) is 2. The van der Waals surface area contributed by atoms with Gasteiger partial charge in [0.1, 0.15) is 12.1 Å². The van der Waals surface area contributed by atoms with Crippen LogP contribution in [0.3, 0.4) is 0 Å². The molecule has 0 aliphatic carbocycles. The molecular formula is C54H90N6O10S. The number of hydrogen-bond donors (Lipinski definition) is 3. The van der Waals surface area contributed by atoms with E-state index in [1.54, 1.807) is 61.6 Å². The number of aliphatic hydroxyl groups excluding tert-OH is 1. The van der Waals surface area contributed by atoms with Gasteiger partial charge < -0.3 is 39.9 Å². The van der Waals surface area contributed by atoms with Gasteiger partial charge in [-0.1, -0.05) is 98.6 Å². The van der Waals surface area contributed by atoms with Crippen LogP contribution in [0.15, 0.2) is 30.3 Å². The summed E-state index contributed by atoms with van der Waals surface area (Å²) in [6, 6.07) is 5.80. The lowest BCUT2D eigenvalue weighted by Gasteiger charge is -2.41. The number of rotatable bonds is 29. The number of carbonyl (C=O) groups is 7. The van der Waals surface area contributed by atoms with E-state index in [9.17, 15) is 38.7 Å². The van der Waals surface area contributed by atoms with Crippen molar-refractivity contribution >= 4 is 53.1 Å². The van der Waals surface area contributed by atoms with Crippen molar-refractivity contribution in [1.82, 2.24) is 30.2 Å². The Kier molecular flexibility index (Phi) is 24.5. The quantitative estimate of drug-likeness (QED) is 0.0608. The summed E-state index contributed by atoms with van der Waals surface area (Å²) in [6.45, 7) is 19.8. The lowest BCUT2D eigenvalue weighted by molar-refractivity contribution is -0.148. The van der Waals surface area contributed by atoms with E-state index in [4.69, 9.17) is 9.47 Å². The number of aliphatic hydroxyl groups is 1. The molecule has 402 valence electrons. The van der Waals surface area contributed by atoms with Gasteiger partial charge in [-0.05, 0) is 75.5 Å². The van der Waals surface area contributed by atoms with Gasteiger partial charge in [-0.25, -0.2) is 0 Å². The van der Waals surface area contributed by atoms with Gasteiger partial charge >= 0.3 is 0 Å². The van der Waals surface area contributed by atoms with Crippen LogP contribution in [0.1, 0.15) is 145 Å². The van der Waals surface area contributed by atoms with Crippen molar-refractivity contribution in [3.8, 4) is 0 Å². The SMILES string of the molecule is CC[C@H](C)[C@@H]([C@@H](CC(=O)N1CCC[C@H]1[C@H](OC)[C@@H](C)C(=O)N[C@H](C)[C@@H](O)c1ccccc1)OC)N(C)C(=O)[C@@H](NC(=O)[C@H](C(C)C)N(C)C(=O)CCCCCN1C(=O)CC(C(C)(CC)SC)C1=O)C(C)C. The molecule has 2 fully saturated rings. The number of unbranched alkanes of at least 4 members (excludes halogenated alkanes) is 2. The molecule has 1 aromatic carbocycles. The van der Waals surface area contributed by atoms with Crippen LogP contribution >= 0.6 is 11.8 Å². The van der Waals surface area contributed by atoms with Crippen molar-refractivity contribution in [3.63, 3.8) is 0 Å². The minimum Gasteiger partial charge on any atom is -0.386 e. The second-order valence-corrected chi connectivity index (χ2v) is 22.3. The van der Waals surface area contributed by atoms with E-state index in [-0.39, 0.29) is 83.1 Å². The molecule has 0 aromatic heterocycles. The Morgan fingerprint density at radius 1 is 0.887 bits per heavy atom. The Morgan fingerprint density at radius 2 is 1.54 bits per heavy atom. The van der Waals surface area contributed by atoms with Crippen LogP contribution in [0, 0.1) is 29.6 Å². The summed E-state index contributed by atoms with van der Waals surface area (Å²) in [6.07, 6.45) is 4.62. The van der Waals surface area contributed by atoms with Gasteiger partial charge in [-0.15, -0.1) is 0 Å². The number of likely N-dealkylation sites (N-methyl/N-ethyl adjacent to an activating group) is 2. The molecule has 3 N–H and O–H groups in total. The molecule has 3 rings (SSSR count). The standard InChI is InChI=1S/C54H90N6O10S/c1-16-35(7)47(41(69-13)32-44(63)59-30-24-27-40(59)49(70-14)36(8)50(65)55-37(9)48(64)38-25-20-18-21-26-38)58(12)53(68)45(33(3)4)56-51(66)46(34(5)6)57(11)42(61)28-22-19-23-29-60-43(62)31-39(52(60)67)54(10,17-2)71-15/h18,20-21,25-26,33-37,39-41,45-49,64H,16-17,19,22-24,27-32H2,1-15H3,(H,55,65)(H,56,66)/t35-,36+,37+,39?,40-,41+,45-,46-,47-,48+,49+,54?/m0/s1. The zero-order valence-electron chi connectivity index (χ0n) is 45.7. The zero-order valence-corrected chi connectivity index (χ0v) is 46.5. The summed E-state index contributed by atoms with van der Waals surface area (Å²) >= 11 is 1.62. The number of hydrogen-bond acceptors (Lipinski definition) is 11. The van der Waals surface area contributed by atoms with Crippen LogP contribution < -0.4 is 10.6 Å². The molecule has 2 heterocycles. The molecule has 0 saturated carbocycles. The fraction of sp³-hybridized carbons (Fsp3) is 0.759. The first-order valence-corrected chi connectivity index (χ1v) is 27.3. The minimum absolute atomic E-state index is 0.0381. The van der Waals surface area contributed by atoms with Gasteiger partial charge in [0.25, 0.3) is 0 Å². The summed E-state index contributed by atoms with van der Waals surface area (Å²) in [5.41, 5.74) is 0.689. The number of benzene rings is 1. The van der Waals surface area contributed by atoms with Crippen LogP contribution in [0.2, 0.25) is 0 Å². The maximum atomic E-state index is 14.7. The number of imide groups is 1. The number of thioether (sulfide) groups is 1. The number of ether oxygens (including phenoxy) is 2. The van der Waals surface area contributed by atoms with E-state index in [0.717, 1.165) is 12.8 Å². The van der Waals surface area contributed by atoms with Gasteiger partial charge in [-0.3, -0.25) is 38.5 Å². The van der Waals surface area contributed by atoms with Crippen LogP contribution in [-0.4, -0.2) is 161 Å². The fourth-order valence-electron chi connectivity index (χ4n) is 10.6. The summed E-state index contributed by atoms with van der Waals surface area (Å²) in [5, 5.41) is 16.9. The third-order valence-corrected chi connectivity index (χ3v) is 17.1. The molecule has 2 aliphatic heterocycles. The van der Waals surface area contributed by atoms with E-state index >= 15 is 0 Å². The molecule has 16 nitrogen and oxygen atoms in total. The maximum absolute atomic E-state index is 14.7. The van der Waals surface area contributed by atoms with Crippen LogP contribution in [0.5, 0.6) is 0 Å². The largest absolute Gasteiger partial charge is 0.386 e. The second-order valence-electron chi connectivity index (χ2n) is 21.0. The molecule has 1 aromatic rings. The minimum atomic E-state index is -0.951. The molecule has 2 aliphatic rings. The fourth-order valence-corrected chi connectivity index (χ4v) is 11.3. The molecule has 71 heavy (non-hydrogen) atoms. The Bertz CT molecular complexity index is 1920. The van der Waals surface area contributed by atoms with Gasteiger partial charge in [0, 0.05) is 59.0 Å². The van der Waals surface area contributed by atoms with Gasteiger partial charge in [0.2, 0.25) is 41.4 Å². The number of methoxy groups -OCH3 is 2. The molecule has 0 radical (unpaired) electrons. The van der Waals surface area contributed by atoms with E-state index in [0.29, 0.717) is 50.8 Å². The highest BCUT2D eigenvalue weighted by Crippen LogP contribution is 2.41. The van der Waals surface area contributed by atoms with E-state index in [2.05, 4.69) is 10.6 Å². The van der Waals surface area contributed by atoms with E-state index in [1.807, 2.05) is 79.8 Å². The van der Waals surface area contributed by atoms with Crippen LogP contribution in [-0.2, 0) is 43.0 Å². The predicted molar refractivity (Wildman–Crippen MR) is 279 cm³/mol. The highest BCUT2D eigenvalue weighted by Gasteiger charge is 2.48. The van der Waals surface area contributed by atoms with Gasteiger partial charge in [0.05, 0.1) is 54.7 Å². The average Bonchev–Trinajstić information content (AvgIpc) is 3.95. The van der Waals surface area contributed by atoms with Crippen molar-refractivity contribution in [2.24, 2.45) is 29.6 Å². The summed E-state index contributed by atoms with van der Waals surface area (Å²) < 4.78 is 11.7. The van der Waals surface area contributed by atoms with Crippen molar-refractivity contribution in [1.29, 1.82) is 0 Å². The second kappa shape index (κ2) is 28.4. The Labute approximate surface area is 429 Å². The van der Waals surface area contributed by atoms with Gasteiger partial charge in [0.15, 0.2) is 0 Å². The first kappa shape index (κ1) is 61.2. The van der Waals surface area contributed by atoms with Crippen molar-refractivity contribution < 1.29 is 48.1 Å². The third kappa shape index (κ3) is 15.5. The smallest absolute Gasteiger partial charge is 0.245 e. The first-order chi connectivity index (χ1) is 33.5. The van der Waals surface area contributed by atoms with Crippen molar-refractivity contribution in [2.45, 2.75) is 187 Å². The Balaban J connectivity index is 1.68. The van der Waals surface area contributed by atoms with E-state index in [1.165, 1.54) is 24.0 Å². The topological polar surface area (TPSA) is 195 Å². The molecule has 2 saturated heterocycles. The molecule has 0 bridgehead atoms. The number of amides is 7. The molecular weight excluding hydrogens is 925 g/mol. The first-order valence-electron chi connectivity index (χ1n) is 26.1. The molecule has 2 unspecified atom stereocenters. The normalized spacial score (nSPS) is 20.9. The van der Waals surface area contributed by atoms with Crippen LogP contribution in [0.4, 0.5) is 0 Å². The average molecular weight is 1020 g/mol. The molecule has 7 amide bonds. The zero-order chi connectivity index (χ0) is 53.5.